The summed E-state index contributed by atoms with van der Waals surface area (Å²) in [5.41, 5.74) is 17.3. The van der Waals surface area contributed by atoms with Gasteiger partial charge in [0, 0.05) is 12.2 Å². The number of nitrogens with one attached hydrogen (secondary N) is 2. The van der Waals surface area contributed by atoms with Gasteiger partial charge in [0.25, 0.3) is 0 Å². The fourth-order valence-electron chi connectivity index (χ4n) is 6.14. The Morgan fingerprint density at radius 2 is 1.81 bits per heavy atom. The van der Waals surface area contributed by atoms with E-state index in [2.05, 4.69) is 67.8 Å². The van der Waals surface area contributed by atoms with Crippen LogP contribution >= 0.6 is 0 Å². The number of rotatable bonds is 6. The van der Waals surface area contributed by atoms with E-state index in [1.807, 2.05) is 6.07 Å². The number of phenols is 1. The number of phenolic OH excluding ortho intramolecular Hbond substituents is 1. The van der Waals surface area contributed by atoms with Crippen LogP contribution in [0.1, 0.15) is 57.0 Å². The summed E-state index contributed by atoms with van der Waals surface area (Å²) in [6.07, 6.45) is 4.39. The average molecular weight is 484 g/mol. The van der Waals surface area contributed by atoms with Gasteiger partial charge in [0.2, 0.25) is 5.91 Å². The second-order valence-electron chi connectivity index (χ2n) is 10.8. The molecule has 36 heavy (non-hydrogen) atoms. The molecule has 0 fully saturated rings. The van der Waals surface area contributed by atoms with Gasteiger partial charge in [-0.15, -0.1) is 0 Å². The third kappa shape index (κ3) is 5.12. The Morgan fingerprint density at radius 1 is 1.06 bits per heavy atom. The highest BCUT2D eigenvalue weighted by Gasteiger charge is 2.27. The molecule has 1 heterocycles. The van der Waals surface area contributed by atoms with Crippen molar-refractivity contribution in [2.24, 2.45) is 11.7 Å². The van der Waals surface area contributed by atoms with Crippen molar-refractivity contribution in [1.29, 1.82) is 0 Å². The molecule has 0 saturated heterocycles. The zero-order valence-corrected chi connectivity index (χ0v) is 21.5. The van der Waals surface area contributed by atoms with Gasteiger partial charge in [-0.3, -0.25) is 4.79 Å². The van der Waals surface area contributed by atoms with Crippen molar-refractivity contribution >= 4 is 11.6 Å². The van der Waals surface area contributed by atoms with Crippen molar-refractivity contribution in [3.8, 4) is 5.75 Å². The minimum atomic E-state index is -0.583. The van der Waals surface area contributed by atoms with Gasteiger partial charge in [-0.25, -0.2) is 0 Å². The van der Waals surface area contributed by atoms with E-state index < -0.39 is 6.04 Å². The van der Waals surface area contributed by atoms with Gasteiger partial charge in [-0.1, -0.05) is 35.9 Å². The topological polar surface area (TPSA) is 87.4 Å². The Morgan fingerprint density at radius 3 is 2.58 bits per heavy atom. The van der Waals surface area contributed by atoms with Crippen LogP contribution in [0.15, 0.2) is 48.5 Å². The molecule has 3 aromatic rings. The van der Waals surface area contributed by atoms with Crippen LogP contribution in [0.4, 0.5) is 5.69 Å². The lowest BCUT2D eigenvalue weighted by Gasteiger charge is -2.29. The number of carbonyl (C=O) groups excluding carboxylic acids is 1. The highest BCUT2D eigenvalue weighted by molar-refractivity contribution is 5.82. The van der Waals surface area contributed by atoms with E-state index in [9.17, 15) is 9.90 Å². The summed E-state index contributed by atoms with van der Waals surface area (Å²) in [4.78, 5) is 13.2. The Kier molecular flexibility index (Phi) is 6.76. The Balaban J connectivity index is 1.27. The molecule has 1 aliphatic carbocycles. The number of aromatic hydroxyl groups is 1. The van der Waals surface area contributed by atoms with Crippen molar-refractivity contribution in [2.45, 2.75) is 65.0 Å². The first kappa shape index (κ1) is 24.4. The van der Waals surface area contributed by atoms with Crippen LogP contribution in [0.3, 0.4) is 0 Å². The number of benzene rings is 3. The van der Waals surface area contributed by atoms with Gasteiger partial charge in [0.05, 0.1) is 12.1 Å². The van der Waals surface area contributed by atoms with Gasteiger partial charge < -0.3 is 21.5 Å². The maximum atomic E-state index is 13.2. The number of aryl methyl sites for hydroxylation is 3. The number of fused-ring (bicyclic) bond motifs is 2. The SMILES string of the molecule is Cc1cc(C)c(C[C@H](N)C(=O)N[C@@H]2CCNc3ccc(CC4Cc5ccc(O)cc5C4)cc32)c(C)c1. The zero-order valence-electron chi connectivity index (χ0n) is 21.5. The molecule has 0 radical (unpaired) electrons. The third-order valence-corrected chi connectivity index (χ3v) is 7.89. The number of hydrogen-bond acceptors (Lipinski definition) is 4. The molecule has 0 aromatic heterocycles. The smallest absolute Gasteiger partial charge is 0.237 e. The maximum absolute atomic E-state index is 13.2. The molecule has 2 aliphatic rings. The van der Waals surface area contributed by atoms with Crippen molar-refractivity contribution in [2.75, 3.05) is 11.9 Å². The average Bonchev–Trinajstić information content (AvgIpc) is 3.22. The summed E-state index contributed by atoms with van der Waals surface area (Å²) >= 11 is 0. The van der Waals surface area contributed by atoms with Gasteiger partial charge in [0.1, 0.15) is 5.75 Å². The predicted molar refractivity (Wildman–Crippen MR) is 145 cm³/mol. The van der Waals surface area contributed by atoms with Gasteiger partial charge in [-0.05, 0) is 116 Å². The number of hydrogen-bond donors (Lipinski definition) is 4. The quantitative estimate of drug-likeness (QED) is 0.405. The number of carbonyl (C=O) groups is 1. The molecule has 0 saturated carbocycles. The molecule has 5 rings (SSSR count). The van der Waals surface area contributed by atoms with Gasteiger partial charge in [0.15, 0.2) is 0 Å². The largest absolute Gasteiger partial charge is 0.508 e. The molecule has 1 aliphatic heterocycles. The lowest BCUT2D eigenvalue weighted by atomic mass is 9.90. The minimum Gasteiger partial charge on any atom is -0.508 e. The predicted octanol–water partition coefficient (Wildman–Crippen LogP) is 4.82. The highest BCUT2D eigenvalue weighted by Crippen LogP contribution is 2.35. The van der Waals surface area contributed by atoms with Crippen molar-refractivity contribution in [1.82, 2.24) is 5.32 Å². The molecule has 5 nitrogen and oxygen atoms in total. The van der Waals surface area contributed by atoms with Crippen LogP contribution in [0.2, 0.25) is 0 Å². The van der Waals surface area contributed by atoms with Gasteiger partial charge >= 0.3 is 0 Å². The van der Waals surface area contributed by atoms with E-state index >= 15 is 0 Å². The summed E-state index contributed by atoms with van der Waals surface area (Å²) in [6, 6.07) is 16.0. The number of amides is 1. The Bertz CT molecular complexity index is 1280. The summed E-state index contributed by atoms with van der Waals surface area (Å²) < 4.78 is 0. The summed E-state index contributed by atoms with van der Waals surface area (Å²) in [6.45, 7) is 7.10. The molecule has 1 amide bonds. The number of anilines is 1. The molecule has 5 N–H and O–H groups in total. The monoisotopic (exact) mass is 483 g/mol. The van der Waals surface area contributed by atoms with Crippen molar-refractivity contribution < 1.29 is 9.90 Å². The van der Waals surface area contributed by atoms with Gasteiger partial charge in [-0.2, -0.15) is 0 Å². The Hall–Kier alpha value is -3.31. The lowest BCUT2D eigenvalue weighted by Crippen LogP contribution is -2.44. The molecule has 5 heteroatoms. The second kappa shape index (κ2) is 9.98. The van der Waals surface area contributed by atoms with E-state index in [4.69, 9.17) is 5.73 Å². The number of nitrogens with two attached hydrogens (primary N) is 1. The minimum absolute atomic E-state index is 0.0438. The van der Waals surface area contributed by atoms with Crippen LogP contribution in [0.5, 0.6) is 5.75 Å². The zero-order chi connectivity index (χ0) is 25.4. The van der Waals surface area contributed by atoms with E-state index in [0.717, 1.165) is 43.5 Å². The Labute approximate surface area is 214 Å². The first-order valence-corrected chi connectivity index (χ1v) is 13.1. The molecule has 1 unspecified atom stereocenters. The normalized spacial score (nSPS) is 19.2. The fraction of sp³-hybridized carbons (Fsp3) is 0.387. The second-order valence-corrected chi connectivity index (χ2v) is 10.8. The van der Waals surface area contributed by atoms with Crippen LogP contribution in [0.25, 0.3) is 0 Å². The standard InChI is InChI=1S/C31H37N3O2/c1-18-10-19(2)26(20(3)11-18)17-28(32)31(36)34-30-8-9-33-29-7-4-21(15-27(29)30)12-22-13-23-5-6-25(35)16-24(23)14-22/h4-7,10-11,15-16,22,28,30,33,35H,8-9,12-14,17,32H2,1-3H3,(H,34,36)/t22?,28-,30+/m0/s1. The van der Waals surface area contributed by atoms with E-state index in [0.29, 0.717) is 18.1 Å². The molecule has 188 valence electrons. The molecule has 0 spiro atoms. The van der Waals surface area contributed by atoms with E-state index in [1.165, 1.54) is 38.9 Å². The maximum Gasteiger partial charge on any atom is 0.237 e. The molecular weight excluding hydrogens is 446 g/mol. The summed E-state index contributed by atoms with van der Waals surface area (Å²) in [5, 5.41) is 16.6. The summed E-state index contributed by atoms with van der Waals surface area (Å²) in [7, 11) is 0. The molecule has 3 aromatic carbocycles. The molecule has 0 bridgehead atoms. The van der Waals surface area contributed by atoms with Crippen LogP contribution in [-0.2, 0) is 30.5 Å². The van der Waals surface area contributed by atoms with Crippen LogP contribution in [0, 0.1) is 26.7 Å². The van der Waals surface area contributed by atoms with Crippen LogP contribution < -0.4 is 16.4 Å². The lowest BCUT2D eigenvalue weighted by molar-refractivity contribution is -0.123. The fourth-order valence-corrected chi connectivity index (χ4v) is 6.14. The van der Waals surface area contributed by atoms with E-state index in [-0.39, 0.29) is 11.9 Å². The van der Waals surface area contributed by atoms with Crippen molar-refractivity contribution in [3.05, 3.63) is 93.0 Å². The van der Waals surface area contributed by atoms with Crippen LogP contribution in [-0.4, -0.2) is 23.6 Å². The van der Waals surface area contributed by atoms with Crippen molar-refractivity contribution in [3.63, 3.8) is 0 Å². The molecular formula is C31H37N3O2. The highest BCUT2D eigenvalue weighted by atomic mass is 16.3. The first-order valence-electron chi connectivity index (χ1n) is 13.1. The summed E-state index contributed by atoms with van der Waals surface area (Å²) in [5.74, 6) is 0.779. The first-order chi connectivity index (χ1) is 17.3. The molecule has 3 atom stereocenters. The van der Waals surface area contributed by atoms with E-state index in [1.54, 1.807) is 6.07 Å². The third-order valence-electron chi connectivity index (χ3n) is 7.89.